The molecule has 0 radical (unpaired) electrons. The van der Waals surface area contributed by atoms with Crippen LogP contribution in [0.4, 0.5) is 0 Å². The van der Waals surface area contributed by atoms with Gasteiger partial charge in [0.05, 0.1) is 10.8 Å². The lowest BCUT2D eigenvalue weighted by Gasteiger charge is -1.99. The number of rotatable bonds is 6. The van der Waals surface area contributed by atoms with Gasteiger partial charge in [0.15, 0.2) is 0 Å². The Hall–Kier alpha value is -1.49. The number of H-pyrrole nitrogens is 1. The van der Waals surface area contributed by atoms with Crippen LogP contribution in [0.2, 0.25) is 0 Å². The summed E-state index contributed by atoms with van der Waals surface area (Å²) in [5.41, 5.74) is 1.28. The fraction of sp³-hybridized carbons (Fsp3) is 0.385. The Labute approximate surface area is 109 Å². The smallest absolute Gasteiger partial charge is 0.238 e. The van der Waals surface area contributed by atoms with Crippen LogP contribution in [-0.4, -0.2) is 25.1 Å². The Morgan fingerprint density at radius 1 is 1.28 bits per heavy atom. The summed E-state index contributed by atoms with van der Waals surface area (Å²) in [6.07, 6.45) is 2.61. The maximum Gasteiger partial charge on any atom is 0.238 e. The third kappa shape index (κ3) is 3.50. The van der Waals surface area contributed by atoms with Crippen molar-refractivity contribution in [2.75, 3.05) is 5.75 Å². The van der Waals surface area contributed by atoms with E-state index in [2.05, 4.69) is 27.3 Å². The number of hydrogen-bond donors (Lipinski definition) is 1. The molecule has 18 heavy (non-hydrogen) atoms. The molecule has 1 aromatic carbocycles. The molecule has 0 spiro atoms. The molecule has 4 nitrogen and oxygen atoms in total. The number of aryl methyl sites for hydroxylation is 2. The second-order valence-electron chi connectivity index (χ2n) is 4.06. The predicted molar refractivity (Wildman–Crippen MR) is 71.8 cm³/mol. The van der Waals surface area contributed by atoms with Crippen LogP contribution in [0.15, 0.2) is 35.5 Å². The van der Waals surface area contributed by atoms with Gasteiger partial charge >= 0.3 is 0 Å². The van der Waals surface area contributed by atoms with E-state index < -0.39 is 10.8 Å². The normalized spacial score (nSPS) is 12.5. The minimum Gasteiger partial charge on any atom is -0.262 e. The van der Waals surface area contributed by atoms with Gasteiger partial charge in [-0.2, -0.15) is 0 Å². The van der Waals surface area contributed by atoms with Gasteiger partial charge in [-0.15, -0.1) is 5.10 Å². The number of hydrogen-bond acceptors (Lipinski definition) is 3. The summed E-state index contributed by atoms with van der Waals surface area (Å²) in [5.74, 6) is 1.40. The molecule has 2 aromatic rings. The highest BCUT2D eigenvalue weighted by Crippen LogP contribution is 2.06. The molecule has 2 rings (SSSR count). The fourth-order valence-corrected chi connectivity index (χ4v) is 2.63. The number of nitrogens with one attached hydrogen (secondary N) is 1. The third-order valence-corrected chi connectivity index (χ3v) is 3.94. The van der Waals surface area contributed by atoms with Crippen molar-refractivity contribution in [3.8, 4) is 0 Å². The van der Waals surface area contributed by atoms with E-state index in [4.69, 9.17) is 0 Å². The summed E-state index contributed by atoms with van der Waals surface area (Å²) in [4.78, 5) is 4.19. The molecular weight excluding hydrogens is 246 g/mol. The maximum atomic E-state index is 11.9. The molecule has 1 atom stereocenters. The molecule has 0 aliphatic carbocycles. The third-order valence-electron chi connectivity index (χ3n) is 2.69. The summed E-state index contributed by atoms with van der Waals surface area (Å²) in [5, 5.41) is 7.20. The second kappa shape index (κ2) is 6.44. The topological polar surface area (TPSA) is 58.6 Å². The molecule has 0 unspecified atom stereocenters. The van der Waals surface area contributed by atoms with Crippen LogP contribution in [0.25, 0.3) is 0 Å². The average Bonchev–Trinajstić information content (AvgIpc) is 2.89. The summed E-state index contributed by atoms with van der Waals surface area (Å²) >= 11 is 0. The van der Waals surface area contributed by atoms with Crippen molar-refractivity contribution in [3.63, 3.8) is 0 Å². The van der Waals surface area contributed by atoms with Crippen molar-refractivity contribution in [1.82, 2.24) is 15.2 Å². The van der Waals surface area contributed by atoms with Gasteiger partial charge < -0.3 is 0 Å². The van der Waals surface area contributed by atoms with Gasteiger partial charge in [-0.3, -0.25) is 9.31 Å². The molecule has 0 saturated heterocycles. The highest BCUT2D eigenvalue weighted by molar-refractivity contribution is 7.84. The number of aromatic nitrogens is 3. The number of nitrogens with zero attached hydrogens (tertiary/aromatic N) is 2. The molecule has 0 fully saturated rings. The largest absolute Gasteiger partial charge is 0.262 e. The Morgan fingerprint density at radius 2 is 2.06 bits per heavy atom. The highest BCUT2D eigenvalue weighted by atomic mass is 32.2. The number of aromatic amines is 1. The van der Waals surface area contributed by atoms with Crippen molar-refractivity contribution in [2.24, 2.45) is 0 Å². The second-order valence-corrected chi connectivity index (χ2v) is 5.52. The van der Waals surface area contributed by atoms with E-state index in [1.807, 2.05) is 25.1 Å². The van der Waals surface area contributed by atoms with Gasteiger partial charge in [0, 0.05) is 12.2 Å². The summed E-state index contributed by atoms with van der Waals surface area (Å²) in [7, 11) is -1.09. The van der Waals surface area contributed by atoms with Crippen molar-refractivity contribution >= 4 is 10.8 Å². The molecule has 1 heterocycles. The molecule has 96 valence electrons. The molecule has 1 N–H and O–H groups in total. The Bertz CT molecular complexity index is 510. The lowest BCUT2D eigenvalue weighted by molar-refractivity contribution is 0.673. The van der Waals surface area contributed by atoms with Crippen LogP contribution in [0, 0.1) is 0 Å². The van der Waals surface area contributed by atoms with Crippen LogP contribution in [0.5, 0.6) is 0 Å². The quantitative estimate of drug-likeness (QED) is 0.868. The molecule has 0 bridgehead atoms. The van der Waals surface area contributed by atoms with Gasteiger partial charge in [-0.1, -0.05) is 37.3 Å². The average molecular weight is 263 g/mol. The zero-order chi connectivity index (χ0) is 12.8. The van der Waals surface area contributed by atoms with Gasteiger partial charge in [0.2, 0.25) is 5.16 Å². The molecule has 1 aromatic heterocycles. The van der Waals surface area contributed by atoms with E-state index in [1.54, 1.807) is 0 Å². The van der Waals surface area contributed by atoms with Crippen molar-refractivity contribution in [2.45, 2.75) is 31.3 Å². The van der Waals surface area contributed by atoms with Crippen LogP contribution in [0.3, 0.4) is 0 Å². The molecule has 0 amide bonds. The Morgan fingerprint density at radius 3 is 2.72 bits per heavy atom. The molecule has 0 aliphatic heterocycles. The summed E-state index contributed by atoms with van der Waals surface area (Å²) < 4.78 is 11.9. The Balaban J connectivity index is 1.81. The van der Waals surface area contributed by atoms with Crippen LogP contribution in [0.1, 0.15) is 24.7 Å². The zero-order valence-electron chi connectivity index (χ0n) is 10.4. The summed E-state index contributed by atoms with van der Waals surface area (Å²) in [6, 6.07) is 10.2. The maximum absolute atomic E-state index is 11.9. The lowest BCUT2D eigenvalue weighted by atomic mass is 10.1. The first-order chi connectivity index (χ1) is 8.79. The lowest BCUT2D eigenvalue weighted by Crippen LogP contribution is -2.02. The first-order valence-electron chi connectivity index (χ1n) is 6.13. The fourth-order valence-electron chi connectivity index (χ4n) is 1.68. The van der Waals surface area contributed by atoms with Crippen molar-refractivity contribution in [1.29, 1.82) is 0 Å². The van der Waals surface area contributed by atoms with Crippen molar-refractivity contribution < 1.29 is 4.21 Å². The number of benzene rings is 1. The van der Waals surface area contributed by atoms with E-state index in [0.29, 0.717) is 10.9 Å². The van der Waals surface area contributed by atoms with E-state index in [0.717, 1.165) is 25.1 Å². The SMILES string of the molecule is CCc1nc([S@](=O)CCCc2ccccc2)n[nH]1. The van der Waals surface area contributed by atoms with E-state index in [9.17, 15) is 4.21 Å². The van der Waals surface area contributed by atoms with Gasteiger partial charge in [-0.05, 0) is 18.4 Å². The molecule has 0 aliphatic rings. The van der Waals surface area contributed by atoms with E-state index in [1.165, 1.54) is 5.56 Å². The zero-order valence-corrected chi connectivity index (χ0v) is 11.2. The standard InChI is InChI=1S/C13H17N3OS/c1-2-12-14-13(16-15-12)18(17)10-6-9-11-7-4-3-5-8-11/h3-5,7-8H,2,6,9-10H2,1H3,(H,14,15,16)/t18-/m1/s1. The van der Waals surface area contributed by atoms with Crippen molar-refractivity contribution in [3.05, 3.63) is 41.7 Å². The minimum absolute atomic E-state index is 0.430. The van der Waals surface area contributed by atoms with Gasteiger partial charge in [0.25, 0.3) is 0 Å². The molecular formula is C13H17N3OS. The van der Waals surface area contributed by atoms with E-state index in [-0.39, 0.29) is 0 Å². The minimum atomic E-state index is -1.09. The Kier molecular flexibility index (Phi) is 4.64. The van der Waals surface area contributed by atoms with Crippen LogP contribution < -0.4 is 0 Å². The van der Waals surface area contributed by atoms with E-state index >= 15 is 0 Å². The predicted octanol–water partition coefficient (Wildman–Crippen LogP) is 2.11. The highest BCUT2D eigenvalue weighted by Gasteiger charge is 2.09. The van der Waals surface area contributed by atoms with Crippen LogP contribution >= 0.6 is 0 Å². The van der Waals surface area contributed by atoms with Gasteiger partial charge in [0.1, 0.15) is 5.82 Å². The van der Waals surface area contributed by atoms with Gasteiger partial charge in [-0.25, -0.2) is 4.98 Å². The molecule has 5 heteroatoms. The molecule has 0 saturated carbocycles. The summed E-state index contributed by atoms with van der Waals surface area (Å²) in [6.45, 7) is 1.99. The van der Waals surface area contributed by atoms with Crippen LogP contribution in [-0.2, 0) is 23.6 Å². The first kappa shape index (κ1) is 13.0. The first-order valence-corrected chi connectivity index (χ1v) is 7.45. The monoisotopic (exact) mass is 263 g/mol.